The predicted octanol–water partition coefficient (Wildman–Crippen LogP) is 4.94. The van der Waals surface area contributed by atoms with E-state index in [1.165, 1.54) is 22.7 Å². The number of benzene rings is 3. The second kappa shape index (κ2) is 27.5. The molecule has 66 heavy (non-hydrogen) atoms. The molecule has 0 aliphatic heterocycles. The van der Waals surface area contributed by atoms with Crippen LogP contribution in [-0.2, 0) is 43.6 Å². The van der Waals surface area contributed by atoms with Crippen molar-refractivity contribution in [2.75, 3.05) is 0 Å². The van der Waals surface area contributed by atoms with Crippen molar-refractivity contribution in [3.63, 3.8) is 0 Å². The summed E-state index contributed by atoms with van der Waals surface area (Å²) in [6.07, 6.45) is 1.82. The molecule has 0 bridgehead atoms. The summed E-state index contributed by atoms with van der Waals surface area (Å²) in [5, 5.41) is 14.2. The fraction of sp³-hybridized carbons (Fsp3) is 0.191. The number of aliphatic carboxylic acids is 1. The van der Waals surface area contributed by atoms with Crippen LogP contribution in [0.1, 0.15) is 61.7 Å². The van der Waals surface area contributed by atoms with E-state index in [4.69, 9.17) is 14.2 Å². The molecular weight excluding hydrogens is 884 g/mol. The Morgan fingerprint density at radius 2 is 0.924 bits per heavy atom. The van der Waals surface area contributed by atoms with Gasteiger partial charge in [-0.2, -0.15) is 0 Å². The molecule has 0 saturated heterocycles. The van der Waals surface area contributed by atoms with E-state index in [0.29, 0.717) is 9.75 Å². The number of carboxylic acid groups (broad SMARTS) is 1. The number of alkyl carbamates (subject to hydrolysis) is 2. The van der Waals surface area contributed by atoms with Gasteiger partial charge in [0.15, 0.2) is 11.6 Å². The van der Waals surface area contributed by atoms with Crippen molar-refractivity contribution >= 4 is 78.8 Å². The minimum atomic E-state index is -1.22. The number of fused-ring (bicyclic) bond motifs is 2. The Balaban J connectivity index is 0.000000343. The van der Waals surface area contributed by atoms with Crippen LogP contribution in [0.5, 0.6) is 0 Å². The van der Waals surface area contributed by atoms with Crippen LogP contribution < -0.4 is 29.5 Å². The third kappa shape index (κ3) is 16.6. The van der Waals surface area contributed by atoms with Crippen molar-refractivity contribution in [2.45, 2.75) is 57.6 Å². The van der Waals surface area contributed by atoms with Gasteiger partial charge in [-0.05, 0) is 65.9 Å². The zero-order valence-electron chi connectivity index (χ0n) is 35.7. The number of esters is 1. The normalized spacial score (nSPS) is 11.1. The molecule has 2 atom stereocenters. The van der Waals surface area contributed by atoms with Gasteiger partial charge in [0.1, 0.15) is 31.9 Å². The molecule has 0 aliphatic carbocycles. The van der Waals surface area contributed by atoms with Crippen molar-refractivity contribution in [3.8, 4) is 0 Å². The van der Waals surface area contributed by atoms with Crippen molar-refractivity contribution in [3.05, 3.63) is 166 Å². The monoisotopic (exact) mass is 928 g/mol. The van der Waals surface area contributed by atoms with Gasteiger partial charge in [-0.15, -0.1) is 22.7 Å². The number of nitrogens with zero attached hydrogens (tertiary/aromatic N) is 2. The first kappa shape index (κ1) is 53.6. The minimum Gasteiger partial charge on any atom is -0.870 e. The summed E-state index contributed by atoms with van der Waals surface area (Å²) in [7, 11) is 0. The number of hydrogen-bond acceptors (Lipinski definition) is 14. The topological polar surface area (TPSA) is 262 Å². The maximum Gasteiger partial charge on any atom is 1.00 e. The number of Topliss-reactive ketones (excluding diaryl/α,β-unsaturated/α-hetero) is 2. The number of carbonyl (C=O) groups excluding carboxylic acids is 5. The molecular formula is C47H45LiN4O12S2. The predicted molar refractivity (Wildman–Crippen MR) is 243 cm³/mol. The molecule has 6 N–H and O–H groups in total. The van der Waals surface area contributed by atoms with Crippen LogP contribution in [-0.4, -0.2) is 73.8 Å². The fourth-order valence-corrected chi connectivity index (χ4v) is 7.93. The number of ether oxygens (including phenoxy) is 3. The maximum absolute atomic E-state index is 12.8. The largest absolute Gasteiger partial charge is 1.00 e. The Hall–Kier alpha value is -6.78. The average molecular weight is 929 g/mol. The first-order chi connectivity index (χ1) is 30.6. The molecule has 7 rings (SSSR count). The standard InChI is InChI=1S/C27H24N2O5S.C20H18N2O5S.Li.2H2O/c30-23(25-16-22-24(35-25)12-7-15-28-22)14-13-21(26(31)33-17-19-8-3-1-4-9-19)29-27(32)34-18-20-10-5-2-6-11-20;23-16(18-11-15-17(28-18)7-4-10-21-15)9-8-14(19(24)25)22-20(26)27-12-13-5-2-1-3-6-13;;;/h1-12,15-16,21H,13-14,17-18H2,(H,29,32);1-7,10-11,14H,8-9,12H2,(H,22,26)(H,24,25);;2*1H2/q;;+1;;/p-1/t21-;14-;;;/m11.../s1. The van der Waals surface area contributed by atoms with Crippen LogP contribution in [0.2, 0.25) is 0 Å². The maximum atomic E-state index is 12.8. The van der Waals surface area contributed by atoms with Gasteiger partial charge in [0.2, 0.25) is 0 Å². The molecule has 4 heterocycles. The molecule has 19 heteroatoms. The van der Waals surface area contributed by atoms with Gasteiger partial charge in [0, 0.05) is 25.2 Å². The van der Waals surface area contributed by atoms with E-state index in [1.807, 2.05) is 97.1 Å². The zero-order valence-corrected chi connectivity index (χ0v) is 37.3. The van der Waals surface area contributed by atoms with E-state index in [2.05, 4.69) is 20.6 Å². The number of hydrogen-bond donors (Lipinski definition) is 3. The SMILES string of the molecule is O.O=C(N[C@H](CCC(=O)c1cc2ncccc2s1)C(=O)O)OCc1ccccc1.O=C(N[C@H](CCC(=O)c1cc2ncccc2s1)C(=O)OCc1ccccc1)OCc1ccccc1.[Li+].[OH-]. The molecule has 0 radical (unpaired) electrons. The number of ketones is 2. The van der Waals surface area contributed by atoms with Crippen molar-refractivity contribution in [2.24, 2.45) is 0 Å². The van der Waals surface area contributed by atoms with Gasteiger partial charge in [-0.3, -0.25) is 19.6 Å². The van der Waals surface area contributed by atoms with Gasteiger partial charge in [0.25, 0.3) is 0 Å². The number of aromatic nitrogens is 2. The summed E-state index contributed by atoms with van der Waals surface area (Å²) in [6, 6.07) is 36.1. The Labute approximate surface area is 399 Å². The molecule has 4 aromatic heterocycles. The molecule has 0 unspecified atom stereocenters. The molecule has 3 aromatic carbocycles. The van der Waals surface area contributed by atoms with Crippen LogP contribution in [0.3, 0.4) is 0 Å². The van der Waals surface area contributed by atoms with E-state index < -0.39 is 36.2 Å². The molecule has 0 saturated carbocycles. The fourth-order valence-electron chi connectivity index (χ4n) is 5.96. The molecule has 0 fully saturated rings. The molecule has 338 valence electrons. The first-order valence-electron chi connectivity index (χ1n) is 19.7. The summed E-state index contributed by atoms with van der Waals surface area (Å²) in [6.45, 7) is 0.158. The second-order valence-electron chi connectivity index (χ2n) is 13.9. The third-order valence-corrected chi connectivity index (χ3v) is 11.5. The summed E-state index contributed by atoms with van der Waals surface area (Å²) >= 11 is 2.67. The van der Waals surface area contributed by atoms with Gasteiger partial charge >= 0.3 is 43.0 Å². The summed E-state index contributed by atoms with van der Waals surface area (Å²) in [5.74, 6) is -2.17. The number of carboxylic acids is 1. The summed E-state index contributed by atoms with van der Waals surface area (Å²) < 4.78 is 17.5. The first-order valence-corrected chi connectivity index (χ1v) is 21.4. The van der Waals surface area contributed by atoms with Gasteiger partial charge in [-0.25, -0.2) is 19.2 Å². The molecule has 0 spiro atoms. The number of carbonyl (C=O) groups is 6. The number of nitrogens with one attached hydrogen (secondary N) is 2. The van der Waals surface area contributed by atoms with Gasteiger partial charge in [0.05, 0.1) is 30.2 Å². The minimum absolute atomic E-state index is 0. The van der Waals surface area contributed by atoms with Crippen LogP contribution >= 0.6 is 22.7 Å². The smallest absolute Gasteiger partial charge is 0.870 e. The van der Waals surface area contributed by atoms with E-state index >= 15 is 0 Å². The zero-order chi connectivity index (χ0) is 44.4. The summed E-state index contributed by atoms with van der Waals surface area (Å²) in [5.41, 5.74) is 3.91. The average Bonchev–Trinajstić information content (AvgIpc) is 3.96. The van der Waals surface area contributed by atoms with E-state index in [9.17, 15) is 33.9 Å². The van der Waals surface area contributed by atoms with Crippen molar-refractivity contribution < 1.29 is 77.9 Å². The Morgan fingerprint density at radius 3 is 1.32 bits per heavy atom. The van der Waals surface area contributed by atoms with Crippen LogP contribution in [0.15, 0.2) is 140 Å². The third-order valence-electron chi connectivity index (χ3n) is 9.26. The van der Waals surface area contributed by atoms with Crippen LogP contribution in [0, 0.1) is 0 Å². The van der Waals surface area contributed by atoms with Gasteiger partial charge in [-0.1, -0.05) is 91.0 Å². The quantitative estimate of drug-likeness (QED) is 0.0446. The van der Waals surface area contributed by atoms with E-state index in [-0.39, 0.29) is 86.9 Å². The molecule has 16 nitrogen and oxygen atoms in total. The number of rotatable bonds is 18. The molecule has 0 aliphatic rings. The van der Waals surface area contributed by atoms with E-state index in [1.54, 1.807) is 42.7 Å². The van der Waals surface area contributed by atoms with Crippen molar-refractivity contribution in [1.82, 2.24) is 20.6 Å². The summed E-state index contributed by atoms with van der Waals surface area (Å²) in [4.78, 5) is 83.2. The Kier molecular flexibility index (Phi) is 22.3. The number of pyridine rings is 2. The van der Waals surface area contributed by atoms with Crippen molar-refractivity contribution in [1.29, 1.82) is 0 Å². The second-order valence-corrected chi connectivity index (χ2v) is 16.0. The van der Waals surface area contributed by atoms with Gasteiger partial charge < -0.3 is 40.9 Å². The van der Waals surface area contributed by atoms with Crippen LogP contribution in [0.4, 0.5) is 9.59 Å². The van der Waals surface area contributed by atoms with E-state index in [0.717, 1.165) is 37.1 Å². The Morgan fingerprint density at radius 1 is 0.545 bits per heavy atom. The number of amides is 2. The Bertz CT molecular complexity index is 2580. The molecule has 2 amide bonds. The number of thiophene rings is 2. The van der Waals surface area contributed by atoms with Crippen LogP contribution in [0.25, 0.3) is 20.4 Å². The molecule has 7 aromatic rings.